The van der Waals surface area contributed by atoms with Gasteiger partial charge in [-0.05, 0) is 19.4 Å². The van der Waals surface area contributed by atoms with E-state index in [1.54, 1.807) is 0 Å². The maximum Gasteiger partial charge on any atom is 0.358 e. The Balaban J connectivity index is 2.28. The lowest BCUT2D eigenvalue weighted by Gasteiger charge is -2.05. The van der Waals surface area contributed by atoms with E-state index in [4.69, 9.17) is 9.52 Å². The molecule has 70 valence electrons. The van der Waals surface area contributed by atoms with E-state index >= 15 is 0 Å². The normalized spacial score (nSPS) is 22.0. The quantitative estimate of drug-likeness (QED) is 0.707. The van der Waals surface area contributed by atoms with Gasteiger partial charge in [-0.1, -0.05) is 0 Å². The number of carbonyl (C=O) groups is 1. The van der Waals surface area contributed by atoms with Gasteiger partial charge in [-0.25, -0.2) is 9.78 Å². The minimum atomic E-state index is -1.03. The molecule has 2 rings (SSSR count). The van der Waals surface area contributed by atoms with Crippen LogP contribution in [0.4, 0.5) is 0 Å². The molecule has 2 heterocycles. The second-order valence-corrected chi connectivity index (χ2v) is 3.02. The SMILES string of the molecule is O=C(O)c1ncoc1[C@H]1CCCN1. The predicted molar refractivity (Wildman–Crippen MR) is 43.4 cm³/mol. The van der Waals surface area contributed by atoms with Crippen LogP contribution in [0.25, 0.3) is 0 Å². The van der Waals surface area contributed by atoms with Gasteiger partial charge in [-0.2, -0.15) is 0 Å². The van der Waals surface area contributed by atoms with E-state index in [0.29, 0.717) is 5.76 Å². The van der Waals surface area contributed by atoms with Crippen molar-refractivity contribution in [1.29, 1.82) is 0 Å². The Bertz CT molecular complexity index is 315. The summed E-state index contributed by atoms with van der Waals surface area (Å²) in [5.74, 6) is -0.581. The van der Waals surface area contributed by atoms with Crippen molar-refractivity contribution in [2.45, 2.75) is 18.9 Å². The first-order chi connectivity index (χ1) is 6.29. The Hall–Kier alpha value is -1.36. The zero-order valence-electron chi connectivity index (χ0n) is 6.99. The molecule has 0 radical (unpaired) electrons. The molecule has 1 fully saturated rings. The molecule has 0 aliphatic carbocycles. The molecule has 1 aromatic rings. The van der Waals surface area contributed by atoms with E-state index in [-0.39, 0.29) is 11.7 Å². The highest BCUT2D eigenvalue weighted by Gasteiger charge is 2.26. The summed E-state index contributed by atoms with van der Waals surface area (Å²) >= 11 is 0. The van der Waals surface area contributed by atoms with Gasteiger partial charge in [-0.3, -0.25) is 0 Å². The number of carboxylic acid groups (broad SMARTS) is 1. The first-order valence-electron chi connectivity index (χ1n) is 4.19. The Morgan fingerprint density at radius 3 is 3.23 bits per heavy atom. The summed E-state index contributed by atoms with van der Waals surface area (Å²) in [6.45, 7) is 0.907. The van der Waals surface area contributed by atoms with Crippen molar-refractivity contribution < 1.29 is 14.3 Å². The molecule has 0 aromatic carbocycles. The maximum absolute atomic E-state index is 10.7. The van der Waals surface area contributed by atoms with Crippen LogP contribution < -0.4 is 5.32 Å². The number of rotatable bonds is 2. The highest BCUT2D eigenvalue weighted by atomic mass is 16.4. The van der Waals surface area contributed by atoms with Gasteiger partial charge in [0.2, 0.25) is 0 Å². The minimum absolute atomic E-state index is 0.0219. The summed E-state index contributed by atoms with van der Waals surface area (Å²) in [5.41, 5.74) is 0.0272. The molecule has 1 aromatic heterocycles. The second kappa shape index (κ2) is 3.18. The van der Waals surface area contributed by atoms with Crippen LogP contribution in [0, 0.1) is 0 Å². The Kier molecular flexibility index (Phi) is 2.02. The maximum atomic E-state index is 10.7. The summed E-state index contributed by atoms with van der Waals surface area (Å²) in [6.07, 6.45) is 3.14. The zero-order valence-corrected chi connectivity index (χ0v) is 6.99. The van der Waals surface area contributed by atoms with Gasteiger partial charge < -0.3 is 14.8 Å². The van der Waals surface area contributed by atoms with Crippen LogP contribution in [0.15, 0.2) is 10.8 Å². The molecular formula is C8H10N2O3. The Morgan fingerprint density at radius 2 is 2.62 bits per heavy atom. The van der Waals surface area contributed by atoms with E-state index in [0.717, 1.165) is 19.4 Å². The van der Waals surface area contributed by atoms with Crippen molar-refractivity contribution in [3.8, 4) is 0 Å². The van der Waals surface area contributed by atoms with Gasteiger partial charge >= 0.3 is 5.97 Å². The molecule has 0 spiro atoms. The molecule has 5 nitrogen and oxygen atoms in total. The zero-order chi connectivity index (χ0) is 9.26. The van der Waals surface area contributed by atoms with Gasteiger partial charge in [0.1, 0.15) is 0 Å². The van der Waals surface area contributed by atoms with Crippen molar-refractivity contribution in [2.75, 3.05) is 6.54 Å². The van der Waals surface area contributed by atoms with Crippen molar-refractivity contribution in [3.05, 3.63) is 17.8 Å². The van der Waals surface area contributed by atoms with Gasteiger partial charge in [0.15, 0.2) is 17.8 Å². The van der Waals surface area contributed by atoms with Gasteiger partial charge in [0.05, 0.1) is 6.04 Å². The standard InChI is InChI=1S/C8H10N2O3/c11-8(12)6-7(13-4-10-6)5-2-1-3-9-5/h4-5,9H,1-3H2,(H,11,12)/t5-/m1/s1. The summed E-state index contributed by atoms with van der Waals surface area (Å²) in [5, 5.41) is 11.9. The number of nitrogens with zero attached hydrogens (tertiary/aromatic N) is 1. The average molecular weight is 182 g/mol. The number of oxazole rings is 1. The number of aromatic nitrogens is 1. The van der Waals surface area contributed by atoms with E-state index in [2.05, 4.69) is 10.3 Å². The molecule has 2 N–H and O–H groups in total. The number of hydrogen-bond donors (Lipinski definition) is 2. The average Bonchev–Trinajstić information content (AvgIpc) is 2.74. The largest absolute Gasteiger partial charge is 0.476 e. The number of nitrogens with one attached hydrogen (secondary N) is 1. The second-order valence-electron chi connectivity index (χ2n) is 3.02. The van der Waals surface area contributed by atoms with E-state index in [9.17, 15) is 4.79 Å². The fourth-order valence-electron chi connectivity index (χ4n) is 1.57. The van der Waals surface area contributed by atoms with E-state index < -0.39 is 5.97 Å². The topological polar surface area (TPSA) is 75.4 Å². The molecule has 0 bridgehead atoms. The molecule has 0 amide bonds. The summed E-state index contributed by atoms with van der Waals surface area (Å²) < 4.78 is 5.06. The van der Waals surface area contributed by atoms with Crippen LogP contribution in [0.3, 0.4) is 0 Å². The lowest BCUT2D eigenvalue weighted by atomic mass is 10.1. The van der Waals surface area contributed by atoms with E-state index in [1.165, 1.54) is 6.39 Å². The van der Waals surface area contributed by atoms with Crippen LogP contribution in [-0.2, 0) is 0 Å². The summed E-state index contributed by atoms with van der Waals surface area (Å²) in [6, 6.07) is 0.0219. The number of aromatic carboxylic acids is 1. The van der Waals surface area contributed by atoms with E-state index in [1.807, 2.05) is 0 Å². The molecule has 1 aliphatic rings. The predicted octanol–water partition coefficient (Wildman–Crippen LogP) is 0.797. The van der Waals surface area contributed by atoms with Crippen LogP contribution in [0.5, 0.6) is 0 Å². The lowest BCUT2D eigenvalue weighted by molar-refractivity contribution is 0.0687. The third kappa shape index (κ3) is 1.42. The molecular weight excluding hydrogens is 172 g/mol. The smallest absolute Gasteiger partial charge is 0.358 e. The van der Waals surface area contributed by atoms with Crippen molar-refractivity contribution in [3.63, 3.8) is 0 Å². The van der Waals surface area contributed by atoms with Gasteiger partial charge in [0, 0.05) is 0 Å². The summed E-state index contributed by atoms with van der Waals surface area (Å²) in [4.78, 5) is 14.3. The number of hydrogen-bond acceptors (Lipinski definition) is 4. The number of carboxylic acids is 1. The Morgan fingerprint density at radius 1 is 1.77 bits per heavy atom. The van der Waals surface area contributed by atoms with Crippen LogP contribution in [-0.4, -0.2) is 22.6 Å². The Labute approximate surface area is 74.8 Å². The summed E-state index contributed by atoms with van der Waals surface area (Å²) in [7, 11) is 0. The molecule has 13 heavy (non-hydrogen) atoms. The third-order valence-electron chi connectivity index (χ3n) is 2.17. The van der Waals surface area contributed by atoms with Crippen LogP contribution >= 0.6 is 0 Å². The fourth-order valence-corrected chi connectivity index (χ4v) is 1.57. The van der Waals surface area contributed by atoms with Gasteiger partial charge in [0.25, 0.3) is 0 Å². The fraction of sp³-hybridized carbons (Fsp3) is 0.500. The molecule has 0 unspecified atom stereocenters. The van der Waals surface area contributed by atoms with Crippen LogP contribution in [0.2, 0.25) is 0 Å². The van der Waals surface area contributed by atoms with Crippen LogP contribution in [0.1, 0.15) is 35.1 Å². The van der Waals surface area contributed by atoms with Crippen molar-refractivity contribution in [1.82, 2.24) is 10.3 Å². The third-order valence-corrected chi connectivity index (χ3v) is 2.17. The highest BCUT2D eigenvalue weighted by Crippen LogP contribution is 2.25. The lowest BCUT2D eigenvalue weighted by Crippen LogP contribution is -2.15. The molecule has 1 aliphatic heterocycles. The minimum Gasteiger partial charge on any atom is -0.476 e. The molecule has 5 heteroatoms. The molecule has 1 atom stereocenters. The first kappa shape index (κ1) is 8.25. The highest BCUT2D eigenvalue weighted by molar-refractivity contribution is 5.86. The van der Waals surface area contributed by atoms with Gasteiger partial charge in [-0.15, -0.1) is 0 Å². The van der Waals surface area contributed by atoms with Crippen molar-refractivity contribution in [2.24, 2.45) is 0 Å². The monoisotopic (exact) mass is 182 g/mol. The van der Waals surface area contributed by atoms with Crippen molar-refractivity contribution >= 4 is 5.97 Å². The molecule has 1 saturated heterocycles. The first-order valence-corrected chi connectivity index (χ1v) is 4.19. The molecule has 0 saturated carbocycles.